The summed E-state index contributed by atoms with van der Waals surface area (Å²) in [6.45, 7) is 1.82. The van der Waals surface area contributed by atoms with Crippen molar-refractivity contribution in [2.24, 2.45) is 34.0 Å². The number of aliphatic hydroxyl groups excluding tert-OH is 2. The van der Waals surface area contributed by atoms with Crippen molar-refractivity contribution in [3.63, 3.8) is 0 Å². The van der Waals surface area contributed by atoms with Crippen LogP contribution in [0.4, 0.5) is 0 Å². The first-order valence-electron chi connectivity index (χ1n) is 9.94. The Morgan fingerprint density at radius 1 is 1.04 bits per heavy atom. The van der Waals surface area contributed by atoms with Crippen LogP contribution in [0.3, 0.4) is 0 Å². The van der Waals surface area contributed by atoms with E-state index in [1.807, 2.05) is 0 Å². The molecular formula is C20H32O5. The topological polar surface area (TPSA) is 98.0 Å². The second-order valence-corrected chi connectivity index (χ2v) is 9.90. The second-order valence-electron chi connectivity index (χ2n) is 9.90. The van der Waals surface area contributed by atoms with Crippen LogP contribution in [0.1, 0.15) is 64.7 Å². The number of hydrogen-bond acceptors (Lipinski definition) is 4. The van der Waals surface area contributed by atoms with E-state index >= 15 is 0 Å². The van der Waals surface area contributed by atoms with Gasteiger partial charge in [0, 0.05) is 0 Å². The zero-order valence-corrected chi connectivity index (χ0v) is 15.2. The molecule has 0 saturated heterocycles. The summed E-state index contributed by atoms with van der Waals surface area (Å²) in [4.78, 5) is 12.1. The van der Waals surface area contributed by atoms with Gasteiger partial charge in [0.2, 0.25) is 0 Å². The molecule has 25 heavy (non-hydrogen) atoms. The van der Waals surface area contributed by atoms with Gasteiger partial charge < -0.3 is 20.4 Å². The van der Waals surface area contributed by atoms with E-state index in [-0.39, 0.29) is 35.9 Å². The average molecular weight is 352 g/mol. The zero-order chi connectivity index (χ0) is 18.1. The predicted octanol–water partition coefficient (Wildman–Crippen LogP) is 2.18. The van der Waals surface area contributed by atoms with Crippen LogP contribution in [0.25, 0.3) is 0 Å². The Balaban J connectivity index is 1.73. The van der Waals surface area contributed by atoms with E-state index in [9.17, 15) is 25.2 Å². The molecule has 0 aromatic carbocycles. The average Bonchev–Trinajstić information content (AvgIpc) is 2.79. The van der Waals surface area contributed by atoms with Gasteiger partial charge in [-0.25, -0.2) is 0 Å². The highest BCUT2D eigenvalue weighted by Crippen LogP contribution is 2.72. The van der Waals surface area contributed by atoms with Crippen LogP contribution in [0.15, 0.2) is 0 Å². The fourth-order valence-corrected chi connectivity index (χ4v) is 8.13. The Bertz CT molecular complexity index is 578. The van der Waals surface area contributed by atoms with Gasteiger partial charge >= 0.3 is 5.97 Å². The monoisotopic (exact) mass is 352 g/mol. The summed E-state index contributed by atoms with van der Waals surface area (Å²) in [5.41, 5.74) is -2.00. The van der Waals surface area contributed by atoms with Crippen molar-refractivity contribution in [2.45, 2.75) is 70.3 Å². The lowest BCUT2D eigenvalue weighted by Crippen LogP contribution is -2.60. The van der Waals surface area contributed by atoms with Gasteiger partial charge in [-0.2, -0.15) is 0 Å². The van der Waals surface area contributed by atoms with E-state index in [2.05, 4.69) is 6.92 Å². The van der Waals surface area contributed by atoms with Crippen molar-refractivity contribution >= 4 is 5.97 Å². The van der Waals surface area contributed by atoms with Gasteiger partial charge in [0.1, 0.15) is 0 Å². The van der Waals surface area contributed by atoms with Crippen LogP contribution in [0, 0.1) is 34.0 Å². The van der Waals surface area contributed by atoms with Crippen LogP contribution in [0.2, 0.25) is 0 Å². The van der Waals surface area contributed by atoms with Crippen LogP contribution >= 0.6 is 0 Å². The van der Waals surface area contributed by atoms with E-state index in [1.54, 1.807) is 0 Å². The third-order valence-corrected chi connectivity index (χ3v) is 9.12. The fourth-order valence-electron chi connectivity index (χ4n) is 8.13. The fraction of sp³-hybridized carbons (Fsp3) is 0.950. The minimum absolute atomic E-state index is 0.00578. The molecule has 5 nitrogen and oxygen atoms in total. The zero-order valence-electron chi connectivity index (χ0n) is 15.2. The normalized spacial score (nSPS) is 54.6. The predicted molar refractivity (Wildman–Crippen MR) is 91.8 cm³/mol. The molecule has 0 radical (unpaired) electrons. The molecule has 0 amide bonds. The number of fused-ring (bicyclic) bond motifs is 3. The Hall–Kier alpha value is -0.650. The first kappa shape index (κ1) is 17.7. The van der Waals surface area contributed by atoms with E-state index in [4.69, 9.17) is 0 Å². The van der Waals surface area contributed by atoms with Crippen LogP contribution in [-0.2, 0) is 4.79 Å². The maximum atomic E-state index is 12.1. The van der Waals surface area contributed by atoms with Crippen molar-refractivity contribution in [3.8, 4) is 0 Å². The summed E-state index contributed by atoms with van der Waals surface area (Å²) < 4.78 is 0. The highest BCUT2D eigenvalue weighted by atomic mass is 16.4. The highest BCUT2D eigenvalue weighted by Gasteiger charge is 2.68. The van der Waals surface area contributed by atoms with Crippen molar-refractivity contribution in [3.05, 3.63) is 0 Å². The van der Waals surface area contributed by atoms with Gasteiger partial charge in [-0.15, -0.1) is 0 Å². The van der Waals surface area contributed by atoms with Crippen molar-refractivity contribution < 1.29 is 25.2 Å². The van der Waals surface area contributed by atoms with E-state index in [0.717, 1.165) is 44.9 Å². The maximum Gasteiger partial charge on any atom is 0.312 e. The highest BCUT2D eigenvalue weighted by molar-refractivity contribution is 5.75. The van der Waals surface area contributed by atoms with Crippen molar-refractivity contribution in [2.75, 3.05) is 13.2 Å². The van der Waals surface area contributed by atoms with Gasteiger partial charge in [-0.3, -0.25) is 4.79 Å². The number of aliphatic carboxylic acids is 1. The molecule has 5 heteroatoms. The summed E-state index contributed by atoms with van der Waals surface area (Å²) >= 11 is 0. The molecule has 7 atom stereocenters. The molecule has 4 rings (SSSR count). The van der Waals surface area contributed by atoms with Crippen LogP contribution in [-0.4, -0.2) is 45.2 Å². The lowest BCUT2D eigenvalue weighted by Gasteiger charge is -2.63. The number of hydrogen-bond donors (Lipinski definition) is 4. The molecular weight excluding hydrogens is 320 g/mol. The molecule has 1 spiro atoms. The second kappa shape index (κ2) is 5.43. The Morgan fingerprint density at radius 3 is 2.44 bits per heavy atom. The SMILES string of the molecule is C[C@@]12CCC[C@@](CO)(C(=O)O)[C@H]1CC[C@@]13C[C@@H](CC[C@H]12)[C@@](O)(CO)C3. The lowest BCUT2D eigenvalue weighted by atomic mass is 9.41. The van der Waals surface area contributed by atoms with Gasteiger partial charge in [-0.05, 0) is 80.0 Å². The van der Waals surface area contributed by atoms with Gasteiger partial charge in [0.05, 0.1) is 24.2 Å². The summed E-state index contributed by atoms with van der Waals surface area (Å²) in [5, 5.41) is 40.7. The minimum Gasteiger partial charge on any atom is -0.481 e. The third-order valence-electron chi connectivity index (χ3n) is 9.12. The summed E-state index contributed by atoms with van der Waals surface area (Å²) in [5.74, 6) is -0.263. The molecule has 0 heterocycles. The Labute approximate surface area is 149 Å². The molecule has 0 aliphatic heterocycles. The maximum absolute atomic E-state index is 12.1. The van der Waals surface area contributed by atoms with E-state index < -0.39 is 17.0 Å². The number of carboxylic acids is 1. The minimum atomic E-state index is -1.00. The summed E-state index contributed by atoms with van der Waals surface area (Å²) in [6, 6.07) is 0. The molecule has 4 aliphatic carbocycles. The molecule has 142 valence electrons. The summed E-state index contributed by atoms with van der Waals surface area (Å²) in [7, 11) is 0. The van der Waals surface area contributed by atoms with Crippen molar-refractivity contribution in [1.29, 1.82) is 0 Å². The van der Waals surface area contributed by atoms with E-state index in [1.165, 1.54) is 0 Å². The quantitative estimate of drug-likeness (QED) is 0.624. The number of rotatable bonds is 3. The molecule has 0 aromatic heterocycles. The third kappa shape index (κ3) is 2.09. The number of aliphatic hydroxyl groups is 3. The molecule has 0 unspecified atom stereocenters. The molecule has 2 bridgehead atoms. The van der Waals surface area contributed by atoms with Crippen molar-refractivity contribution in [1.82, 2.24) is 0 Å². The molecule has 4 saturated carbocycles. The molecule has 4 aliphatic rings. The molecule has 0 aromatic rings. The number of carbonyl (C=O) groups is 1. The first-order chi connectivity index (χ1) is 11.8. The van der Waals surface area contributed by atoms with Crippen LogP contribution in [0.5, 0.6) is 0 Å². The summed E-state index contributed by atoms with van der Waals surface area (Å²) in [6.07, 6.45) is 7.74. The van der Waals surface area contributed by atoms with Gasteiger partial charge in [-0.1, -0.05) is 13.3 Å². The Morgan fingerprint density at radius 2 is 1.80 bits per heavy atom. The van der Waals surface area contributed by atoms with Crippen LogP contribution < -0.4 is 0 Å². The smallest absolute Gasteiger partial charge is 0.312 e. The van der Waals surface area contributed by atoms with Gasteiger partial charge in [0.15, 0.2) is 0 Å². The molecule has 4 fully saturated rings. The van der Waals surface area contributed by atoms with Gasteiger partial charge in [0.25, 0.3) is 0 Å². The standard InChI is InChI=1S/C20H32O5/c1-17-6-2-7-19(11-21,16(23)24)15(17)5-8-18-9-13(3-4-14(17)18)20(25,10-18)12-22/h13-15,21-22,25H,2-12H2,1H3,(H,23,24)/t13-,14+,15+,17+,18+,19+,20+/m1/s1. The van der Waals surface area contributed by atoms with E-state index in [0.29, 0.717) is 18.8 Å². The molecule has 4 N–H and O–H groups in total. The first-order valence-corrected chi connectivity index (χ1v) is 9.94. The largest absolute Gasteiger partial charge is 0.481 e. The number of carboxylic acid groups (broad SMARTS) is 1. The Kier molecular flexibility index (Phi) is 3.85. The lowest BCUT2D eigenvalue weighted by molar-refractivity contribution is -0.191.